The number of nitrogens with zero attached hydrogens (tertiary/aromatic N) is 2. The lowest BCUT2D eigenvalue weighted by atomic mass is 10.1. The number of amides is 1. The molecule has 28 heavy (non-hydrogen) atoms. The number of carbonyl (C=O) groups is 1. The van der Waals surface area contributed by atoms with Crippen LogP contribution in [0.3, 0.4) is 0 Å². The molecule has 0 spiro atoms. The van der Waals surface area contributed by atoms with Gasteiger partial charge in [0.05, 0.1) is 23.2 Å². The number of fused-ring (bicyclic) bond motifs is 1. The van der Waals surface area contributed by atoms with Gasteiger partial charge in [0.1, 0.15) is 0 Å². The van der Waals surface area contributed by atoms with E-state index < -0.39 is 0 Å². The molecule has 0 fully saturated rings. The summed E-state index contributed by atoms with van der Waals surface area (Å²) in [5.74, 6) is 0.0588. The second-order valence-corrected chi connectivity index (χ2v) is 8.06. The lowest BCUT2D eigenvalue weighted by Crippen LogP contribution is -2.31. The Morgan fingerprint density at radius 1 is 0.929 bits per heavy atom. The van der Waals surface area contributed by atoms with Crippen molar-refractivity contribution < 1.29 is 4.79 Å². The molecule has 0 bridgehead atoms. The number of hydrogen-bond acceptors (Lipinski definition) is 3. The van der Waals surface area contributed by atoms with Crippen LogP contribution in [0.5, 0.6) is 0 Å². The third-order valence-electron chi connectivity index (χ3n) is 4.73. The van der Waals surface area contributed by atoms with E-state index in [0.29, 0.717) is 13.0 Å². The molecule has 3 nitrogen and oxygen atoms in total. The van der Waals surface area contributed by atoms with E-state index in [1.165, 1.54) is 5.56 Å². The van der Waals surface area contributed by atoms with Gasteiger partial charge in [0.25, 0.3) is 0 Å². The highest BCUT2D eigenvalue weighted by Crippen LogP contribution is 2.32. The number of aryl methyl sites for hydroxylation is 2. The van der Waals surface area contributed by atoms with Gasteiger partial charge in [-0.3, -0.25) is 9.69 Å². The number of rotatable bonds is 5. The van der Waals surface area contributed by atoms with E-state index >= 15 is 0 Å². The van der Waals surface area contributed by atoms with Gasteiger partial charge in [-0.05, 0) is 42.2 Å². The summed E-state index contributed by atoms with van der Waals surface area (Å²) in [4.78, 5) is 19.9. The fraction of sp³-hybridized carbons (Fsp3) is 0.167. The number of carbonyl (C=O) groups excluding carboxylic acids is 1. The van der Waals surface area contributed by atoms with Crippen LogP contribution in [0.25, 0.3) is 10.2 Å². The predicted octanol–water partition coefficient (Wildman–Crippen LogP) is 5.69. The molecular formula is C24H22N2OS. The molecule has 0 N–H and O–H groups in total. The Labute approximate surface area is 169 Å². The summed E-state index contributed by atoms with van der Waals surface area (Å²) in [7, 11) is 0. The summed E-state index contributed by atoms with van der Waals surface area (Å²) >= 11 is 1.59. The van der Waals surface area contributed by atoms with Crippen molar-refractivity contribution in [1.29, 1.82) is 0 Å². The van der Waals surface area contributed by atoms with Crippen LogP contribution in [0.1, 0.15) is 22.3 Å². The minimum Gasteiger partial charge on any atom is -0.283 e. The summed E-state index contributed by atoms with van der Waals surface area (Å²) in [6.45, 7) is 4.69. The third-order valence-corrected chi connectivity index (χ3v) is 5.76. The molecule has 0 atom stereocenters. The monoisotopic (exact) mass is 386 g/mol. The molecule has 4 aromatic rings. The van der Waals surface area contributed by atoms with Gasteiger partial charge in [0, 0.05) is 0 Å². The zero-order valence-corrected chi connectivity index (χ0v) is 16.9. The lowest BCUT2D eigenvalue weighted by Gasteiger charge is -2.20. The van der Waals surface area contributed by atoms with Gasteiger partial charge in [0.15, 0.2) is 5.13 Å². The van der Waals surface area contributed by atoms with Crippen LogP contribution in [-0.4, -0.2) is 10.9 Å². The van der Waals surface area contributed by atoms with Crippen molar-refractivity contribution in [2.75, 3.05) is 4.90 Å². The number of anilines is 1. The molecule has 1 aromatic heterocycles. The number of thiazole rings is 1. The summed E-state index contributed by atoms with van der Waals surface area (Å²) in [6, 6.07) is 24.2. The van der Waals surface area contributed by atoms with Crippen molar-refractivity contribution in [3.63, 3.8) is 0 Å². The maximum Gasteiger partial charge on any atom is 0.233 e. The predicted molar refractivity (Wildman–Crippen MR) is 117 cm³/mol. The molecule has 4 rings (SSSR count). The topological polar surface area (TPSA) is 33.2 Å². The van der Waals surface area contributed by atoms with Crippen molar-refractivity contribution in [2.24, 2.45) is 0 Å². The van der Waals surface area contributed by atoms with Crippen LogP contribution < -0.4 is 4.90 Å². The van der Waals surface area contributed by atoms with E-state index in [1.54, 1.807) is 11.3 Å². The van der Waals surface area contributed by atoms with E-state index in [4.69, 9.17) is 4.98 Å². The molecule has 0 saturated heterocycles. The highest BCUT2D eigenvalue weighted by Gasteiger charge is 2.21. The first-order valence-electron chi connectivity index (χ1n) is 9.36. The number of benzene rings is 3. The van der Waals surface area contributed by atoms with E-state index in [9.17, 15) is 4.79 Å². The normalized spacial score (nSPS) is 10.9. The fourth-order valence-corrected chi connectivity index (χ4v) is 4.53. The van der Waals surface area contributed by atoms with Crippen molar-refractivity contribution in [1.82, 2.24) is 4.98 Å². The Morgan fingerprint density at radius 2 is 1.57 bits per heavy atom. The highest BCUT2D eigenvalue weighted by atomic mass is 32.1. The molecule has 1 amide bonds. The van der Waals surface area contributed by atoms with E-state index in [1.807, 2.05) is 65.6 Å². The number of hydrogen-bond donors (Lipinski definition) is 0. The Bertz CT molecular complexity index is 1100. The molecule has 0 aliphatic heterocycles. The van der Waals surface area contributed by atoms with Crippen molar-refractivity contribution >= 4 is 32.6 Å². The molecule has 0 aliphatic rings. The van der Waals surface area contributed by atoms with Crippen molar-refractivity contribution in [3.8, 4) is 0 Å². The van der Waals surface area contributed by atoms with Gasteiger partial charge in [-0.25, -0.2) is 4.98 Å². The summed E-state index contributed by atoms with van der Waals surface area (Å²) in [5.41, 5.74) is 5.45. The molecule has 0 radical (unpaired) electrons. The first kappa shape index (κ1) is 18.4. The zero-order chi connectivity index (χ0) is 19.5. The third kappa shape index (κ3) is 3.97. The SMILES string of the molecule is Cc1cc(C)c2nc(N(Cc3ccccc3)C(=O)Cc3ccccc3)sc2c1. The molecule has 4 heteroatoms. The Kier molecular flexibility index (Phi) is 5.22. The second kappa shape index (κ2) is 7.95. The average Bonchev–Trinajstić information content (AvgIpc) is 3.11. The van der Waals surface area contributed by atoms with E-state index in [2.05, 4.69) is 26.0 Å². The number of aromatic nitrogens is 1. The van der Waals surface area contributed by atoms with Crippen LogP contribution >= 0.6 is 11.3 Å². The van der Waals surface area contributed by atoms with Crippen LogP contribution in [-0.2, 0) is 17.8 Å². The standard InChI is InChI=1S/C24H22N2OS/c1-17-13-18(2)23-21(14-17)28-24(25-23)26(16-20-11-7-4-8-12-20)22(27)15-19-9-5-3-6-10-19/h3-14H,15-16H2,1-2H3. The van der Waals surface area contributed by atoms with Crippen LogP contribution in [0.15, 0.2) is 72.8 Å². The van der Waals surface area contributed by atoms with Gasteiger partial charge in [-0.1, -0.05) is 78.1 Å². The van der Waals surface area contributed by atoms with Gasteiger partial charge in [-0.15, -0.1) is 0 Å². The summed E-state index contributed by atoms with van der Waals surface area (Å²) < 4.78 is 1.12. The molecule has 0 unspecified atom stereocenters. The Balaban J connectivity index is 1.72. The summed E-state index contributed by atoms with van der Waals surface area (Å²) in [5, 5.41) is 0.758. The van der Waals surface area contributed by atoms with Crippen molar-refractivity contribution in [3.05, 3.63) is 95.1 Å². The lowest BCUT2D eigenvalue weighted by molar-refractivity contribution is -0.118. The minimum absolute atomic E-state index is 0.0588. The minimum atomic E-state index is 0.0588. The fourth-order valence-electron chi connectivity index (χ4n) is 3.37. The van der Waals surface area contributed by atoms with E-state index in [0.717, 1.165) is 32.0 Å². The smallest absolute Gasteiger partial charge is 0.233 e. The maximum atomic E-state index is 13.2. The molecule has 0 saturated carbocycles. The van der Waals surface area contributed by atoms with Crippen LogP contribution in [0, 0.1) is 13.8 Å². The van der Waals surface area contributed by atoms with Gasteiger partial charge in [-0.2, -0.15) is 0 Å². The van der Waals surface area contributed by atoms with Crippen LogP contribution in [0.2, 0.25) is 0 Å². The molecule has 140 valence electrons. The highest BCUT2D eigenvalue weighted by molar-refractivity contribution is 7.22. The second-order valence-electron chi connectivity index (χ2n) is 7.05. The first-order chi connectivity index (χ1) is 13.6. The van der Waals surface area contributed by atoms with Gasteiger partial charge < -0.3 is 0 Å². The van der Waals surface area contributed by atoms with Gasteiger partial charge in [0.2, 0.25) is 5.91 Å². The Hall–Kier alpha value is -2.98. The largest absolute Gasteiger partial charge is 0.283 e. The van der Waals surface area contributed by atoms with Gasteiger partial charge >= 0.3 is 0 Å². The zero-order valence-electron chi connectivity index (χ0n) is 16.1. The van der Waals surface area contributed by atoms with Crippen molar-refractivity contribution in [2.45, 2.75) is 26.8 Å². The maximum absolute atomic E-state index is 13.2. The van der Waals surface area contributed by atoms with Crippen LogP contribution in [0.4, 0.5) is 5.13 Å². The molecule has 1 heterocycles. The van der Waals surface area contributed by atoms with E-state index in [-0.39, 0.29) is 5.91 Å². The summed E-state index contributed by atoms with van der Waals surface area (Å²) in [6.07, 6.45) is 0.363. The quantitative estimate of drug-likeness (QED) is 0.441. The molecular weight excluding hydrogens is 364 g/mol. The average molecular weight is 387 g/mol. The first-order valence-corrected chi connectivity index (χ1v) is 10.2. The Morgan fingerprint density at radius 3 is 2.25 bits per heavy atom. The molecule has 3 aromatic carbocycles. The molecule has 0 aliphatic carbocycles.